The molecule has 0 bridgehead atoms. The Morgan fingerprint density at radius 1 is 1.56 bits per heavy atom. The molecule has 2 aromatic heterocycles. The van der Waals surface area contributed by atoms with Crippen LogP contribution in [0.1, 0.15) is 16.5 Å². The van der Waals surface area contributed by atoms with Gasteiger partial charge >= 0.3 is 0 Å². The number of aromatic nitrogens is 1. The van der Waals surface area contributed by atoms with Crippen molar-refractivity contribution >= 4 is 38.9 Å². The van der Waals surface area contributed by atoms with Crippen LogP contribution in [-0.4, -0.2) is 10.1 Å². The molecule has 0 radical (unpaired) electrons. The third kappa shape index (κ3) is 2.83. The Bertz CT molecular complexity index is 455. The van der Waals surface area contributed by atoms with E-state index in [0.717, 1.165) is 14.9 Å². The second-order valence-corrected chi connectivity index (χ2v) is 5.89. The molecule has 0 aliphatic carbocycles. The lowest BCUT2D eigenvalue weighted by molar-refractivity contribution is 0.182. The number of hydrogen-bond donors (Lipinski definition) is 1. The number of pyridine rings is 1. The smallest absolute Gasteiger partial charge is 0.107 e. The van der Waals surface area contributed by atoms with E-state index in [-0.39, 0.29) is 0 Å². The van der Waals surface area contributed by atoms with E-state index < -0.39 is 6.10 Å². The maximum Gasteiger partial charge on any atom is 0.107 e. The van der Waals surface area contributed by atoms with Gasteiger partial charge in [-0.2, -0.15) is 0 Å². The average molecular weight is 319 g/mol. The Morgan fingerprint density at radius 3 is 2.94 bits per heavy atom. The minimum absolute atomic E-state index is 0.530. The maximum absolute atomic E-state index is 10.0. The zero-order valence-corrected chi connectivity index (χ0v) is 11.4. The zero-order valence-electron chi connectivity index (χ0n) is 8.23. The van der Waals surface area contributed by atoms with Gasteiger partial charge in [0.15, 0.2) is 0 Å². The van der Waals surface area contributed by atoms with Crippen LogP contribution in [0.25, 0.3) is 0 Å². The van der Waals surface area contributed by atoms with Gasteiger partial charge in [-0.15, -0.1) is 11.3 Å². The van der Waals surface area contributed by atoms with Crippen LogP contribution in [0.15, 0.2) is 35.1 Å². The van der Waals surface area contributed by atoms with Crippen LogP contribution >= 0.6 is 38.9 Å². The molecule has 1 atom stereocenters. The summed E-state index contributed by atoms with van der Waals surface area (Å²) in [5.41, 5.74) is 1.01. The van der Waals surface area contributed by atoms with Crippen molar-refractivity contribution in [2.45, 2.75) is 12.5 Å². The molecule has 0 aromatic carbocycles. The minimum Gasteiger partial charge on any atom is -0.387 e. The van der Waals surface area contributed by atoms with Crippen LogP contribution in [0.5, 0.6) is 0 Å². The molecule has 16 heavy (non-hydrogen) atoms. The summed E-state index contributed by atoms with van der Waals surface area (Å²) in [5, 5.41) is 10.0. The average Bonchev–Trinajstić information content (AvgIpc) is 2.61. The number of rotatable bonds is 3. The molecule has 1 unspecified atom stereocenters. The van der Waals surface area contributed by atoms with Crippen molar-refractivity contribution in [2.75, 3.05) is 0 Å². The van der Waals surface area contributed by atoms with Gasteiger partial charge in [0, 0.05) is 28.2 Å². The Morgan fingerprint density at radius 2 is 2.38 bits per heavy atom. The first-order valence-corrected chi connectivity index (χ1v) is 6.67. The maximum atomic E-state index is 10.0. The van der Waals surface area contributed by atoms with Crippen molar-refractivity contribution < 1.29 is 5.11 Å². The highest BCUT2D eigenvalue weighted by atomic mass is 79.9. The first-order chi connectivity index (χ1) is 7.66. The van der Waals surface area contributed by atoms with Crippen LogP contribution in [0.4, 0.5) is 0 Å². The van der Waals surface area contributed by atoms with Crippen molar-refractivity contribution in [1.29, 1.82) is 0 Å². The Hall–Kier alpha value is -0.420. The Kier molecular flexibility index (Phi) is 3.97. The lowest BCUT2D eigenvalue weighted by Crippen LogP contribution is -1.99. The summed E-state index contributed by atoms with van der Waals surface area (Å²) in [6.45, 7) is 0. The van der Waals surface area contributed by atoms with Gasteiger partial charge in [0.1, 0.15) is 4.34 Å². The van der Waals surface area contributed by atoms with Crippen LogP contribution < -0.4 is 0 Å². The topological polar surface area (TPSA) is 33.1 Å². The van der Waals surface area contributed by atoms with Crippen LogP contribution in [0.2, 0.25) is 4.34 Å². The van der Waals surface area contributed by atoms with Gasteiger partial charge in [-0.05, 0) is 33.6 Å². The molecule has 2 aromatic rings. The van der Waals surface area contributed by atoms with E-state index in [0.29, 0.717) is 10.8 Å². The van der Waals surface area contributed by atoms with Crippen molar-refractivity contribution in [3.8, 4) is 0 Å². The highest BCUT2D eigenvalue weighted by molar-refractivity contribution is 9.10. The highest BCUT2D eigenvalue weighted by Gasteiger charge is 2.13. The molecular formula is C11H9BrClNOS. The van der Waals surface area contributed by atoms with E-state index in [1.54, 1.807) is 12.4 Å². The fraction of sp³-hybridized carbons (Fsp3) is 0.182. The summed E-state index contributed by atoms with van der Waals surface area (Å²) in [5.74, 6) is 0. The van der Waals surface area contributed by atoms with E-state index in [2.05, 4.69) is 20.9 Å². The minimum atomic E-state index is -0.530. The van der Waals surface area contributed by atoms with Crippen LogP contribution in [-0.2, 0) is 6.42 Å². The van der Waals surface area contributed by atoms with Crippen molar-refractivity contribution in [2.24, 2.45) is 0 Å². The van der Waals surface area contributed by atoms with Crippen LogP contribution in [0.3, 0.4) is 0 Å². The molecular weight excluding hydrogens is 310 g/mol. The lowest BCUT2D eigenvalue weighted by Gasteiger charge is -2.07. The van der Waals surface area contributed by atoms with Gasteiger partial charge in [0.05, 0.1) is 6.10 Å². The van der Waals surface area contributed by atoms with Crippen molar-refractivity contribution in [1.82, 2.24) is 4.98 Å². The van der Waals surface area contributed by atoms with Crippen LogP contribution in [0, 0.1) is 0 Å². The second-order valence-electron chi connectivity index (χ2n) is 3.35. The predicted molar refractivity (Wildman–Crippen MR) is 69.9 cm³/mol. The molecule has 0 spiro atoms. The molecule has 0 amide bonds. The molecule has 0 fully saturated rings. The molecule has 0 saturated carbocycles. The van der Waals surface area contributed by atoms with Gasteiger partial charge in [0.2, 0.25) is 0 Å². The molecule has 0 saturated heterocycles. The van der Waals surface area contributed by atoms with Gasteiger partial charge in [-0.1, -0.05) is 17.7 Å². The first-order valence-electron chi connectivity index (χ1n) is 4.68. The third-order valence-electron chi connectivity index (χ3n) is 2.14. The molecule has 0 aliphatic heterocycles. The summed E-state index contributed by atoms with van der Waals surface area (Å²) in [4.78, 5) is 4.87. The number of hydrogen-bond acceptors (Lipinski definition) is 3. The van der Waals surface area contributed by atoms with Gasteiger partial charge in [-0.3, -0.25) is 4.98 Å². The summed E-state index contributed by atoms with van der Waals surface area (Å²) in [6.07, 6.45) is 3.50. The Balaban J connectivity index is 2.11. The molecule has 2 heterocycles. The predicted octanol–water partition coefficient (Wildman–Crippen LogP) is 3.84. The zero-order chi connectivity index (χ0) is 11.5. The Labute approximate surface area is 111 Å². The van der Waals surface area contributed by atoms with E-state index >= 15 is 0 Å². The number of thiophene rings is 1. The van der Waals surface area contributed by atoms with Crippen molar-refractivity contribution in [3.05, 3.63) is 49.8 Å². The summed E-state index contributed by atoms with van der Waals surface area (Å²) < 4.78 is 1.50. The highest BCUT2D eigenvalue weighted by Crippen LogP contribution is 2.35. The molecule has 84 valence electrons. The van der Waals surface area contributed by atoms with E-state index in [9.17, 15) is 5.11 Å². The largest absolute Gasteiger partial charge is 0.387 e. The second kappa shape index (κ2) is 5.27. The summed E-state index contributed by atoms with van der Waals surface area (Å²) in [6, 6.07) is 5.66. The van der Waals surface area contributed by atoms with Gasteiger partial charge < -0.3 is 5.11 Å². The number of aliphatic hydroxyl groups is 1. The number of aliphatic hydroxyl groups excluding tert-OH is 1. The standard InChI is InChI=1S/C11H9BrClNOS/c12-8-5-10(16-11(8)13)9(15)4-7-2-1-3-14-6-7/h1-3,5-6,9,15H,4H2. The quantitative estimate of drug-likeness (QED) is 0.933. The van der Waals surface area contributed by atoms with E-state index in [4.69, 9.17) is 11.6 Å². The van der Waals surface area contributed by atoms with Crippen molar-refractivity contribution in [3.63, 3.8) is 0 Å². The van der Waals surface area contributed by atoms with E-state index in [1.165, 1.54) is 11.3 Å². The fourth-order valence-electron chi connectivity index (χ4n) is 1.37. The summed E-state index contributed by atoms with van der Waals surface area (Å²) in [7, 11) is 0. The molecule has 2 rings (SSSR count). The SMILES string of the molecule is OC(Cc1cccnc1)c1cc(Br)c(Cl)s1. The van der Waals surface area contributed by atoms with Gasteiger partial charge in [0.25, 0.3) is 0 Å². The number of nitrogens with zero attached hydrogens (tertiary/aromatic N) is 1. The lowest BCUT2D eigenvalue weighted by atomic mass is 10.1. The normalized spacial score (nSPS) is 12.7. The number of halogens is 2. The molecule has 0 aliphatic rings. The fourth-order valence-corrected chi connectivity index (χ4v) is 3.09. The first kappa shape index (κ1) is 12.0. The van der Waals surface area contributed by atoms with E-state index in [1.807, 2.05) is 18.2 Å². The summed E-state index contributed by atoms with van der Waals surface area (Å²) >= 11 is 10.6. The molecule has 5 heteroatoms. The van der Waals surface area contributed by atoms with Gasteiger partial charge in [-0.25, -0.2) is 0 Å². The molecule has 1 N–H and O–H groups in total. The third-order valence-corrected chi connectivity index (χ3v) is 4.72. The monoisotopic (exact) mass is 317 g/mol. The molecule has 2 nitrogen and oxygen atoms in total.